The highest BCUT2D eigenvalue weighted by molar-refractivity contribution is 6.01. The maximum atomic E-state index is 14.3. The minimum absolute atomic E-state index is 0.138. The summed E-state index contributed by atoms with van der Waals surface area (Å²) in [6.07, 6.45) is -1.83. The highest BCUT2D eigenvalue weighted by Crippen LogP contribution is 2.39. The Labute approximate surface area is 209 Å². The number of aromatic amines is 1. The average molecular weight is 505 g/mol. The summed E-state index contributed by atoms with van der Waals surface area (Å²) in [7, 11) is 0. The van der Waals surface area contributed by atoms with Gasteiger partial charge in [-0.2, -0.15) is 22.8 Å². The van der Waals surface area contributed by atoms with Gasteiger partial charge >= 0.3 is 12.1 Å². The first-order valence-electron chi connectivity index (χ1n) is 11.1. The number of carbonyl (C=O) groups is 1. The van der Waals surface area contributed by atoms with Gasteiger partial charge in [0.2, 0.25) is 5.95 Å². The second-order valence-electron chi connectivity index (χ2n) is 8.15. The molecule has 0 aliphatic heterocycles. The summed E-state index contributed by atoms with van der Waals surface area (Å²) in [5.74, 6) is -1.80. The fourth-order valence-electron chi connectivity index (χ4n) is 4.16. The number of carboxylic acid groups (broad SMARTS) is 1. The van der Waals surface area contributed by atoms with Crippen molar-refractivity contribution in [1.29, 1.82) is 5.26 Å². The van der Waals surface area contributed by atoms with Crippen molar-refractivity contribution in [2.45, 2.75) is 19.5 Å². The lowest BCUT2D eigenvalue weighted by Gasteiger charge is -2.18. The molecule has 0 saturated heterocycles. The number of nitrogens with one attached hydrogen (secondary N) is 1. The number of aliphatic carboxylic acids is 1. The van der Waals surface area contributed by atoms with Crippen molar-refractivity contribution >= 4 is 34.1 Å². The Balaban J connectivity index is 1.99. The molecule has 3 aromatic carbocycles. The molecule has 186 valence electrons. The van der Waals surface area contributed by atoms with E-state index in [1.165, 1.54) is 12.1 Å². The van der Waals surface area contributed by atoms with Gasteiger partial charge < -0.3 is 5.11 Å². The number of hydrogen-bond acceptors (Lipinski definition) is 3. The van der Waals surface area contributed by atoms with Crippen molar-refractivity contribution in [3.63, 3.8) is 0 Å². The van der Waals surface area contributed by atoms with E-state index in [2.05, 4.69) is 10.2 Å². The van der Waals surface area contributed by atoms with Crippen molar-refractivity contribution in [3.8, 4) is 6.07 Å². The van der Waals surface area contributed by atoms with Crippen LogP contribution in [0.15, 0.2) is 66.7 Å². The molecule has 2 N–H and O–H groups in total. The van der Waals surface area contributed by atoms with E-state index in [-0.39, 0.29) is 10.9 Å². The van der Waals surface area contributed by atoms with E-state index in [0.29, 0.717) is 45.3 Å². The van der Waals surface area contributed by atoms with Crippen LogP contribution in [0, 0.1) is 17.3 Å². The third-order valence-electron chi connectivity index (χ3n) is 5.87. The summed E-state index contributed by atoms with van der Waals surface area (Å²) in [6, 6.07) is 16.7. The molecular formula is C28H19F4N3O2. The van der Waals surface area contributed by atoms with E-state index in [1.807, 2.05) is 13.0 Å². The lowest BCUT2D eigenvalue weighted by atomic mass is 9.85. The number of alkyl halides is 3. The molecular weight excluding hydrogens is 486 g/mol. The lowest BCUT2D eigenvalue weighted by Crippen LogP contribution is -2.06. The number of nitriles is 1. The van der Waals surface area contributed by atoms with Crippen LogP contribution in [-0.2, 0) is 11.0 Å². The molecule has 1 heterocycles. The summed E-state index contributed by atoms with van der Waals surface area (Å²) in [4.78, 5) is 10.8. The van der Waals surface area contributed by atoms with Gasteiger partial charge in [-0.3, -0.25) is 5.10 Å². The molecule has 0 unspecified atom stereocenters. The van der Waals surface area contributed by atoms with Crippen LogP contribution in [0.3, 0.4) is 0 Å². The number of carboxylic acids is 1. The van der Waals surface area contributed by atoms with Crippen LogP contribution in [0.5, 0.6) is 0 Å². The molecule has 4 rings (SSSR count). The summed E-state index contributed by atoms with van der Waals surface area (Å²) < 4.78 is 54.2. The predicted molar refractivity (Wildman–Crippen MR) is 132 cm³/mol. The first-order chi connectivity index (χ1) is 17.6. The van der Waals surface area contributed by atoms with E-state index in [1.54, 1.807) is 42.5 Å². The summed E-state index contributed by atoms with van der Waals surface area (Å²) >= 11 is 0. The molecule has 0 bridgehead atoms. The summed E-state index contributed by atoms with van der Waals surface area (Å²) in [5, 5.41) is 25.0. The monoisotopic (exact) mass is 505 g/mol. The number of hydrogen-bond donors (Lipinski definition) is 2. The number of aromatic nitrogens is 2. The largest absolute Gasteiger partial charge is 0.478 e. The van der Waals surface area contributed by atoms with Gasteiger partial charge in [-0.1, -0.05) is 43.3 Å². The third kappa shape index (κ3) is 5.28. The predicted octanol–water partition coefficient (Wildman–Crippen LogP) is 7.06. The number of halogens is 4. The minimum atomic E-state index is -4.60. The first kappa shape index (κ1) is 25.4. The van der Waals surface area contributed by atoms with Gasteiger partial charge in [0.05, 0.1) is 28.1 Å². The molecule has 0 aliphatic carbocycles. The van der Waals surface area contributed by atoms with E-state index < -0.39 is 23.7 Å². The van der Waals surface area contributed by atoms with Gasteiger partial charge in [0.1, 0.15) is 0 Å². The normalized spacial score (nSPS) is 12.5. The molecule has 9 heteroatoms. The molecule has 0 aliphatic rings. The molecule has 0 radical (unpaired) electrons. The summed E-state index contributed by atoms with van der Waals surface area (Å²) in [5.41, 5.74) is 2.75. The zero-order valence-electron chi connectivity index (χ0n) is 19.4. The van der Waals surface area contributed by atoms with Gasteiger partial charge in [-0.15, -0.1) is 5.10 Å². The second kappa shape index (κ2) is 10.1. The molecule has 0 fully saturated rings. The SMILES string of the molecule is CC/C(=C(/c1ccc(/C=C/C(=O)O)cc1)c1ccc2[nH]nc(F)c2c1)c1ccc(C(F)(F)F)cc1C#N. The highest BCUT2D eigenvalue weighted by atomic mass is 19.4. The Hall–Kier alpha value is -4.71. The fraction of sp³-hybridized carbons (Fsp3) is 0.107. The number of allylic oxidation sites excluding steroid dienone is 1. The van der Waals surface area contributed by atoms with Crippen LogP contribution in [-0.4, -0.2) is 21.3 Å². The lowest BCUT2D eigenvalue weighted by molar-refractivity contribution is -0.137. The van der Waals surface area contributed by atoms with Gasteiger partial charge in [0, 0.05) is 6.08 Å². The number of benzene rings is 3. The van der Waals surface area contributed by atoms with Crippen molar-refractivity contribution in [2.24, 2.45) is 0 Å². The van der Waals surface area contributed by atoms with Gasteiger partial charge in [0.15, 0.2) is 0 Å². The van der Waals surface area contributed by atoms with Crippen molar-refractivity contribution < 1.29 is 27.5 Å². The van der Waals surface area contributed by atoms with E-state index >= 15 is 0 Å². The third-order valence-corrected chi connectivity index (χ3v) is 5.87. The van der Waals surface area contributed by atoms with Gasteiger partial charge in [0.25, 0.3) is 0 Å². The van der Waals surface area contributed by atoms with Crippen LogP contribution in [0.2, 0.25) is 0 Å². The Bertz CT molecular complexity index is 1590. The Morgan fingerprint density at radius 3 is 2.41 bits per heavy atom. The standard InChI is InChI=1S/C28H19F4N3O2/c1-2-21(22-10-9-20(28(30,31)32)13-19(22)15-33)26(17-6-3-16(4-7-17)5-12-25(36)37)18-8-11-24-23(14-18)27(29)35-34-24/h3-14H,2H2,1H3,(H,34,35)(H,36,37)/b12-5+,26-21+. The number of fused-ring (bicyclic) bond motifs is 1. The molecule has 5 nitrogen and oxygen atoms in total. The molecule has 37 heavy (non-hydrogen) atoms. The minimum Gasteiger partial charge on any atom is -0.478 e. The average Bonchev–Trinajstić information content (AvgIpc) is 3.25. The van der Waals surface area contributed by atoms with Gasteiger partial charge in [-0.05, 0) is 70.2 Å². The van der Waals surface area contributed by atoms with E-state index in [0.717, 1.165) is 18.2 Å². The number of nitrogens with zero attached hydrogens (tertiary/aromatic N) is 2. The zero-order chi connectivity index (χ0) is 26.7. The molecule has 1 aromatic heterocycles. The van der Waals surface area contributed by atoms with Crippen LogP contribution < -0.4 is 0 Å². The zero-order valence-corrected chi connectivity index (χ0v) is 19.4. The molecule has 0 saturated carbocycles. The number of H-pyrrole nitrogens is 1. The number of rotatable bonds is 6. The molecule has 0 spiro atoms. The van der Waals surface area contributed by atoms with Crippen molar-refractivity contribution in [3.05, 3.63) is 106 Å². The van der Waals surface area contributed by atoms with Crippen LogP contribution >= 0.6 is 0 Å². The first-order valence-corrected chi connectivity index (χ1v) is 11.1. The van der Waals surface area contributed by atoms with E-state index in [4.69, 9.17) is 5.11 Å². The van der Waals surface area contributed by atoms with Crippen LogP contribution in [0.4, 0.5) is 17.6 Å². The Morgan fingerprint density at radius 2 is 1.78 bits per heavy atom. The van der Waals surface area contributed by atoms with E-state index in [9.17, 15) is 27.6 Å². The molecule has 0 atom stereocenters. The Kier molecular flexibility index (Phi) is 6.94. The maximum absolute atomic E-state index is 14.3. The quantitative estimate of drug-likeness (QED) is 0.167. The summed E-state index contributed by atoms with van der Waals surface area (Å²) in [6.45, 7) is 1.81. The fourth-order valence-corrected chi connectivity index (χ4v) is 4.16. The topological polar surface area (TPSA) is 89.8 Å². The maximum Gasteiger partial charge on any atom is 0.416 e. The van der Waals surface area contributed by atoms with Gasteiger partial charge in [-0.25, -0.2) is 4.79 Å². The smallest absolute Gasteiger partial charge is 0.416 e. The second-order valence-corrected chi connectivity index (χ2v) is 8.15. The Morgan fingerprint density at radius 1 is 1.08 bits per heavy atom. The van der Waals surface area contributed by atoms with Crippen molar-refractivity contribution in [1.82, 2.24) is 10.2 Å². The van der Waals surface area contributed by atoms with Crippen LogP contribution in [0.25, 0.3) is 28.1 Å². The van der Waals surface area contributed by atoms with Crippen molar-refractivity contribution in [2.75, 3.05) is 0 Å². The molecule has 0 amide bonds. The molecule has 4 aromatic rings. The van der Waals surface area contributed by atoms with Crippen LogP contribution in [0.1, 0.15) is 46.7 Å². The highest BCUT2D eigenvalue weighted by Gasteiger charge is 2.31.